The van der Waals surface area contributed by atoms with E-state index in [9.17, 15) is 0 Å². The second kappa shape index (κ2) is 4.12. The molecule has 0 aromatic heterocycles. The van der Waals surface area contributed by atoms with Crippen LogP contribution < -0.4 is 5.32 Å². The predicted molar refractivity (Wildman–Crippen MR) is 62.3 cm³/mol. The first kappa shape index (κ1) is 10.9. The van der Waals surface area contributed by atoms with E-state index in [1.807, 2.05) is 0 Å². The summed E-state index contributed by atoms with van der Waals surface area (Å²) in [7, 11) is 1.81. The van der Waals surface area contributed by atoms with E-state index in [2.05, 4.69) is 24.2 Å². The highest BCUT2D eigenvalue weighted by Crippen LogP contribution is 2.42. The summed E-state index contributed by atoms with van der Waals surface area (Å²) in [6, 6.07) is 0.541. The van der Waals surface area contributed by atoms with Gasteiger partial charge in [-0.2, -0.15) is 0 Å². The number of nitrogens with one attached hydrogen (secondary N) is 1. The van der Waals surface area contributed by atoms with Crippen molar-refractivity contribution >= 4 is 5.84 Å². The molecule has 0 spiro atoms. The molecular formula is C12H22N2O. The number of hydrogen-bond acceptors (Lipinski definition) is 3. The molecule has 1 fully saturated rings. The first-order chi connectivity index (χ1) is 7.14. The van der Waals surface area contributed by atoms with Crippen LogP contribution in [0, 0.1) is 5.41 Å². The summed E-state index contributed by atoms with van der Waals surface area (Å²) >= 11 is 0. The van der Waals surface area contributed by atoms with Crippen LogP contribution in [0.1, 0.15) is 39.5 Å². The minimum absolute atomic E-state index is 0.245. The van der Waals surface area contributed by atoms with Crippen molar-refractivity contribution in [3.05, 3.63) is 0 Å². The van der Waals surface area contributed by atoms with E-state index >= 15 is 0 Å². The van der Waals surface area contributed by atoms with Crippen molar-refractivity contribution in [2.75, 3.05) is 13.7 Å². The van der Waals surface area contributed by atoms with E-state index in [1.54, 1.807) is 7.11 Å². The molecule has 3 heteroatoms. The van der Waals surface area contributed by atoms with Gasteiger partial charge < -0.3 is 10.1 Å². The lowest BCUT2D eigenvalue weighted by molar-refractivity contribution is -0.0922. The Balaban J connectivity index is 1.89. The highest BCUT2D eigenvalue weighted by atomic mass is 16.5. The number of methoxy groups -OCH3 is 1. The summed E-state index contributed by atoms with van der Waals surface area (Å²) in [5, 5.41) is 3.58. The van der Waals surface area contributed by atoms with Gasteiger partial charge in [0.2, 0.25) is 0 Å². The zero-order valence-electron chi connectivity index (χ0n) is 10.0. The molecule has 86 valence electrons. The molecule has 1 saturated carbocycles. The van der Waals surface area contributed by atoms with Crippen LogP contribution in [0.15, 0.2) is 4.99 Å². The smallest absolute Gasteiger partial charge is 0.0965 e. The van der Waals surface area contributed by atoms with E-state index < -0.39 is 0 Å². The molecule has 0 saturated heterocycles. The molecule has 0 amide bonds. The maximum absolute atomic E-state index is 5.44. The molecular weight excluding hydrogens is 188 g/mol. The second-order valence-electron chi connectivity index (χ2n) is 5.26. The number of amidine groups is 1. The summed E-state index contributed by atoms with van der Waals surface area (Å²) < 4.78 is 5.44. The Labute approximate surface area is 92.3 Å². The molecule has 0 radical (unpaired) electrons. The molecule has 3 nitrogen and oxygen atoms in total. The van der Waals surface area contributed by atoms with Crippen LogP contribution in [0.4, 0.5) is 0 Å². The van der Waals surface area contributed by atoms with Crippen LogP contribution in [0.25, 0.3) is 0 Å². The summed E-state index contributed by atoms with van der Waals surface area (Å²) in [6.45, 7) is 5.54. The van der Waals surface area contributed by atoms with Gasteiger partial charge in [-0.05, 0) is 19.3 Å². The molecule has 2 atom stereocenters. The lowest BCUT2D eigenvalue weighted by atomic mass is 9.64. The largest absolute Gasteiger partial charge is 0.381 e. The first-order valence-electron chi connectivity index (χ1n) is 5.97. The van der Waals surface area contributed by atoms with Crippen LogP contribution in [-0.2, 0) is 4.74 Å². The Hall–Kier alpha value is -0.570. The molecule has 0 aromatic carbocycles. The fourth-order valence-electron chi connectivity index (χ4n) is 2.55. The Bertz CT molecular complexity index is 260. The minimum atomic E-state index is 0.245. The average Bonchev–Trinajstić information content (AvgIpc) is 2.25. The van der Waals surface area contributed by atoms with Gasteiger partial charge in [0, 0.05) is 31.5 Å². The summed E-state index contributed by atoms with van der Waals surface area (Å²) in [5.74, 6) is 1.22. The van der Waals surface area contributed by atoms with Crippen molar-refractivity contribution in [3.63, 3.8) is 0 Å². The third kappa shape index (κ3) is 2.03. The van der Waals surface area contributed by atoms with Crippen LogP contribution in [0.3, 0.4) is 0 Å². The molecule has 0 bridgehead atoms. The Morgan fingerprint density at radius 2 is 2.20 bits per heavy atom. The monoisotopic (exact) mass is 210 g/mol. The fourth-order valence-corrected chi connectivity index (χ4v) is 2.55. The standard InChI is InChI=1S/C12H22N2O/c1-12(2)9(8-10(12)15-3)14-11-6-4-5-7-13-11/h9-10H,4-8H2,1-3H3,(H,13,14). The van der Waals surface area contributed by atoms with Gasteiger partial charge in [-0.3, -0.25) is 4.99 Å². The van der Waals surface area contributed by atoms with Crippen LogP contribution in [-0.4, -0.2) is 31.6 Å². The molecule has 1 N–H and O–H groups in total. The Morgan fingerprint density at radius 1 is 1.40 bits per heavy atom. The average molecular weight is 210 g/mol. The summed E-state index contributed by atoms with van der Waals surface area (Å²) in [6.07, 6.45) is 5.18. The number of rotatable bonds is 2. The quantitative estimate of drug-likeness (QED) is 0.756. The zero-order valence-corrected chi connectivity index (χ0v) is 10.0. The Kier molecular flexibility index (Phi) is 3.01. The van der Waals surface area contributed by atoms with Crippen molar-refractivity contribution in [2.24, 2.45) is 10.4 Å². The van der Waals surface area contributed by atoms with Gasteiger partial charge in [0.1, 0.15) is 0 Å². The molecule has 2 aliphatic rings. The lowest BCUT2D eigenvalue weighted by Crippen LogP contribution is -2.61. The summed E-state index contributed by atoms with van der Waals surface area (Å²) in [5.41, 5.74) is 0.245. The van der Waals surface area contributed by atoms with E-state index in [1.165, 1.54) is 18.7 Å². The molecule has 15 heavy (non-hydrogen) atoms. The molecule has 2 unspecified atom stereocenters. The van der Waals surface area contributed by atoms with Crippen LogP contribution in [0.5, 0.6) is 0 Å². The van der Waals surface area contributed by atoms with Crippen molar-refractivity contribution in [1.29, 1.82) is 0 Å². The van der Waals surface area contributed by atoms with Crippen molar-refractivity contribution in [1.82, 2.24) is 5.32 Å². The highest BCUT2D eigenvalue weighted by Gasteiger charge is 2.48. The predicted octanol–water partition coefficient (Wildman–Crippen LogP) is 1.97. The van der Waals surface area contributed by atoms with Gasteiger partial charge in [0.15, 0.2) is 0 Å². The van der Waals surface area contributed by atoms with Gasteiger partial charge in [0.25, 0.3) is 0 Å². The second-order valence-corrected chi connectivity index (χ2v) is 5.26. The van der Waals surface area contributed by atoms with Gasteiger partial charge >= 0.3 is 0 Å². The summed E-state index contributed by atoms with van der Waals surface area (Å²) in [4.78, 5) is 4.53. The van der Waals surface area contributed by atoms with Gasteiger partial charge in [-0.1, -0.05) is 13.8 Å². The number of hydrogen-bond donors (Lipinski definition) is 1. The number of aliphatic imine (C=N–C) groups is 1. The topological polar surface area (TPSA) is 33.6 Å². The van der Waals surface area contributed by atoms with E-state index in [-0.39, 0.29) is 5.41 Å². The van der Waals surface area contributed by atoms with Crippen LogP contribution in [0.2, 0.25) is 0 Å². The van der Waals surface area contributed by atoms with Gasteiger partial charge in [-0.15, -0.1) is 0 Å². The number of nitrogens with zero attached hydrogens (tertiary/aromatic N) is 1. The maximum atomic E-state index is 5.44. The minimum Gasteiger partial charge on any atom is -0.381 e. The highest BCUT2D eigenvalue weighted by molar-refractivity contribution is 5.83. The molecule has 1 aliphatic carbocycles. The lowest BCUT2D eigenvalue weighted by Gasteiger charge is -2.51. The van der Waals surface area contributed by atoms with E-state index in [0.717, 1.165) is 19.4 Å². The van der Waals surface area contributed by atoms with Crippen molar-refractivity contribution in [3.8, 4) is 0 Å². The molecule has 1 aliphatic heterocycles. The van der Waals surface area contributed by atoms with Gasteiger partial charge in [-0.25, -0.2) is 0 Å². The van der Waals surface area contributed by atoms with Crippen LogP contribution >= 0.6 is 0 Å². The fraction of sp³-hybridized carbons (Fsp3) is 0.917. The van der Waals surface area contributed by atoms with Crippen molar-refractivity contribution in [2.45, 2.75) is 51.7 Å². The third-order valence-corrected chi connectivity index (χ3v) is 3.93. The first-order valence-corrected chi connectivity index (χ1v) is 5.97. The molecule has 2 rings (SSSR count). The maximum Gasteiger partial charge on any atom is 0.0965 e. The van der Waals surface area contributed by atoms with E-state index in [0.29, 0.717) is 12.1 Å². The number of ether oxygens (including phenoxy) is 1. The molecule has 0 aromatic rings. The van der Waals surface area contributed by atoms with E-state index in [4.69, 9.17) is 4.74 Å². The zero-order chi connectivity index (χ0) is 10.9. The SMILES string of the molecule is COC1CC(NC2=NCCCC2)C1(C)C. The third-order valence-electron chi connectivity index (χ3n) is 3.93. The van der Waals surface area contributed by atoms with Crippen molar-refractivity contribution < 1.29 is 4.74 Å². The van der Waals surface area contributed by atoms with Gasteiger partial charge in [0.05, 0.1) is 11.9 Å². The normalized spacial score (nSPS) is 34.2. The Morgan fingerprint density at radius 3 is 2.73 bits per heavy atom. The molecule has 1 heterocycles.